The van der Waals surface area contributed by atoms with Gasteiger partial charge in [-0.25, -0.2) is 17.8 Å². The van der Waals surface area contributed by atoms with Crippen LogP contribution < -0.4 is 10.0 Å². The molecule has 4 rings (SSSR count). The minimum absolute atomic E-state index is 0.0829. The topological polar surface area (TPSA) is 88.2 Å². The Morgan fingerprint density at radius 3 is 2.52 bits per heavy atom. The van der Waals surface area contributed by atoms with Crippen LogP contribution in [0, 0.1) is 19.7 Å². The lowest BCUT2D eigenvalue weighted by atomic mass is 10.0. The zero-order valence-corrected chi connectivity index (χ0v) is 19.4. The van der Waals surface area contributed by atoms with E-state index in [1.807, 2.05) is 37.4 Å². The monoisotopic (exact) mass is 481 g/mol. The van der Waals surface area contributed by atoms with Crippen LogP contribution in [-0.4, -0.2) is 19.3 Å². The number of halogens is 1. The van der Waals surface area contributed by atoms with Crippen LogP contribution in [-0.2, 0) is 10.0 Å². The van der Waals surface area contributed by atoms with Gasteiger partial charge in [0.2, 0.25) is 0 Å². The normalized spacial score (nSPS) is 11.2. The predicted octanol–water partition coefficient (Wildman–Crippen LogP) is 5.62. The smallest absolute Gasteiger partial charge is 0.261 e. The van der Waals surface area contributed by atoms with Crippen LogP contribution in [0.4, 0.5) is 15.2 Å². The molecule has 168 valence electrons. The molecule has 9 heteroatoms. The van der Waals surface area contributed by atoms with Gasteiger partial charge in [0, 0.05) is 22.2 Å². The maximum absolute atomic E-state index is 13.1. The van der Waals surface area contributed by atoms with Crippen molar-refractivity contribution < 1.29 is 17.6 Å². The summed E-state index contributed by atoms with van der Waals surface area (Å²) in [6, 6.07) is 16.7. The van der Waals surface area contributed by atoms with Crippen LogP contribution in [0.3, 0.4) is 0 Å². The number of thiazole rings is 1. The summed E-state index contributed by atoms with van der Waals surface area (Å²) in [5.41, 5.74) is 4.46. The zero-order valence-electron chi connectivity index (χ0n) is 17.8. The minimum atomic E-state index is -3.93. The molecular weight excluding hydrogens is 461 g/mol. The molecule has 6 nitrogen and oxygen atoms in total. The number of anilines is 2. The third-order valence-electron chi connectivity index (χ3n) is 4.89. The molecule has 1 amide bonds. The van der Waals surface area contributed by atoms with Gasteiger partial charge in [-0.3, -0.25) is 14.8 Å². The Morgan fingerprint density at radius 1 is 1.00 bits per heavy atom. The van der Waals surface area contributed by atoms with Gasteiger partial charge >= 0.3 is 0 Å². The number of sulfonamides is 1. The third-order valence-corrected chi connectivity index (χ3v) is 7.05. The first-order valence-electron chi connectivity index (χ1n) is 9.94. The van der Waals surface area contributed by atoms with Gasteiger partial charge in [-0.15, -0.1) is 11.3 Å². The highest BCUT2D eigenvalue weighted by Gasteiger charge is 2.16. The van der Waals surface area contributed by atoms with Crippen molar-refractivity contribution in [2.75, 3.05) is 10.0 Å². The Balaban J connectivity index is 1.50. The van der Waals surface area contributed by atoms with E-state index in [1.54, 1.807) is 12.1 Å². The molecule has 0 fully saturated rings. The number of aromatic nitrogens is 1. The highest BCUT2D eigenvalue weighted by Crippen LogP contribution is 2.28. The highest BCUT2D eigenvalue weighted by atomic mass is 32.2. The molecule has 0 unspecified atom stereocenters. The van der Waals surface area contributed by atoms with E-state index in [2.05, 4.69) is 15.0 Å². The molecule has 0 aliphatic heterocycles. The molecule has 0 spiro atoms. The molecule has 0 aliphatic carbocycles. The van der Waals surface area contributed by atoms with Crippen molar-refractivity contribution in [1.29, 1.82) is 0 Å². The van der Waals surface area contributed by atoms with Crippen LogP contribution in [0.5, 0.6) is 0 Å². The van der Waals surface area contributed by atoms with Crippen molar-refractivity contribution in [1.82, 2.24) is 4.98 Å². The van der Waals surface area contributed by atoms with E-state index in [0.29, 0.717) is 5.13 Å². The number of hydrogen-bond donors (Lipinski definition) is 2. The van der Waals surface area contributed by atoms with Crippen LogP contribution in [0.2, 0.25) is 0 Å². The average Bonchev–Trinajstić information content (AvgIpc) is 3.24. The van der Waals surface area contributed by atoms with Gasteiger partial charge in [0.25, 0.3) is 15.9 Å². The molecule has 1 aromatic heterocycles. The van der Waals surface area contributed by atoms with Gasteiger partial charge in [0.1, 0.15) is 5.82 Å². The van der Waals surface area contributed by atoms with Crippen LogP contribution in [0.15, 0.2) is 77.0 Å². The molecule has 0 bridgehead atoms. The molecule has 4 aromatic rings. The summed E-state index contributed by atoms with van der Waals surface area (Å²) in [5.74, 6) is -0.949. The molecule has 3 aromatic carbocycles. The number of rotatable bonds is 6. The molecule has 0 aliphatic rings. The Morgan fingerprint density at radius 2 is 1.76 bits per heavy atom. The number of carbonyl (C=O) groups excluding carboxylic acids is 1. The van der Waals surface area contributed by atoms with Gasteiger partial charge in [-0.1, -0.05) is 23.8 Å². The number of hydrogen-bond acceptors (Lipinski definition) is 5. The summed E-state index contributed by atoms with van der Waals surface area (Å²) in [6.45, 7) is 4.01. The minimum Gasteiger partial charge on any atom is -0.298 e. The van der Waals surface area contributed by atoms with Gasteiger partial charge in [0.15, 0.2) is 5.13 Å². The van der Waals surface area contributed by atoms with Crippen molar-refractivity contribution in [3.8, 4) is 11.3 Å². The van der Waals surface area contributed by atoms with Crippen LogP contribution in [0.1, 0.15) is 21.5 Å². The fraction of sp³-hybridized carbons (Fsp3) is 0.0833. The van der Waals surface area contributed by atoms with E-state index in [-0.39, 0.29) is 16.1 Å². The quantitative estimate of drug-likeness (QED) is 0.374. The van der Waals surface area contributed by atoms with E-state index in [1.165, 1.54) is 35.6 Å². The lowest BCUT2D eigenvalue weighted by Gasteiger charge is -2.09. The molecule has 0 radical (unpaired) electrons. The maximum atomic E-state index is 13.1. The fourth-order valence-corrected chi connectivity index (χ4v) is 4.94. The summed E-state index contributed by atoms with van der Waals surface area (Å²) in [7, 11) is -3.93. The molecule has 1 heterocycles. The standard InChI is InChI=1S/C24H20FN3O3S2/c1-15-6-7-16(2)21(12-15)22-14-32-24(26-22)27-23(29)17-4-3-5-19(13-17)28-33(30,31)20-10-8-18(25)9-11-20/h3-14,28H,1-2H3,(H,26,27,29). The second-order valence-corrected chi connectivity index (χ2v) is 9.99. The average molecular weight is 482 g/mol. The number of carbonyl (C=O) groups is 1. The van der Waals surface area contributed by atoms with Gasteiger partial charge < -0.3 is 0 Å². The van der Waals surface area contributed by atoms with Gasteiger partial charge in [0.05, 0.1) is 10.6 Å². The number of aryl methyl sites for hydroxylation is 2. The fourth-order valence-electron chi connectivity index (χ4n) is 3.19. The van der Waals surface area contributed by atoms with E-state index in [4.69, 9.17) is 0 Å². The zero-order chi connectivity index (χ0) is 23.6. The Labute approximate surface area is 195 Å². The first kappa shape index (κ1) is 22.6. The first-order valence-corrected chi connectivity index (χ1v) is 12.3. The number of nitrogens with zero attached hydrogens (tertiary/aromatic N) is 1. The molecule has 0 atom stereocenters. The Bertz CT molecular complexity index is 1430. The summed E-state index contributed by atoms with van der Waals surface area (Å²) in [5, 5.41) is 5.08. The lowest BCUT2D eigenvalue weighted by molar-refractivity contribution is 0.102. The van der Waals surface area contributed by atoms with Crippen molar-refractivity contribution in [3.05, 3.63) is 94.6 Å². The number of nitrogens with one attached hydrogen (secondary N) is 2. The number of amides is 1. The lowest BCUT2D eigenvalue weighted by Crippen LogP contribution is -2.15. The molecule has 2 N–H and O–H groups in total. The van der Waals surface area contributed by atoms with Gasteiger partial charge in [-0.05, 0) is 67.9 Å². The molecule has 0 saturated heterocycles. The number of benzene rings is 3. The summed E-state index contributed by atoms with van der Waals surface area (Å²) in [6.07, 6.45) is 0. The summed E-state index contributed by atoms with van der Waals surface area (Å²) in [4.78, 5) is 17.2. The molecule has 0 saturated carbocycles. The van der Waals surface area contributed by atoms with Crippen molar-refractivity contribution in [2.45, 2.75) is 18.7 Å². The van der Waals surface area contributed by atoms with E-state index in [0.717, 1.165) is 34.5 Å². The Kier molecular flexibility index (Phi) is 6.26. The second kappa shape index (κ2) is 9.13. The van der Waals surface area contributed by atoms with Gasteiger partial charge in [-0.2, -0.15) is 0 Å². The van der Waals surface area contributed by atoms with Crippen molar-refractivity contribution in [2.24, 2.45) is 0 Å². The predicted molar refractivity (Wildman–Crippen MR) is 129 cm³/mol. The van der Waals surface area contributed by atoms with Crippen molar-refractivity contribution >= 4 is 38.1 Å². The van der Waals surface area contributed by atoms with Crippen LogP contribution in [0.25, 0.3) is 11.3 Å². The second-order valence-electron chi connectivity index (χ2n) is 7.45. The van der Waals surface area contributed by atoms with E-state index >= 15 is 0 Å². The third kappa shape index (κ3) is 5.27. The Hall–Kier alpha value is -3.56. The van der Waals surface area contributed by atoms with Crippen molar-refractivity contribution in [3.63, 3.8) is 0 Å². The van der Waals surface area contributed by atoms with E-state index in [9.17, 15) is 17.6 Å². The summed E-state index contributed by atoms with van der Waals surface area (Å²) < 4.78 is 40.6. The molecule has 33 heavy (non-hydrogen) atoms. The maximum Gasteiger partial charge on any atom is 0.261 e. The first-order chi connectivity index (χ1) is 15.7. The molecular formula is C24H20FN3O3S2. The summed E-state index contributed by atoms with van der Waals surface area (Å²) >= 11 is 1.31. The van der Waals surface area contributed by atoms with Crippen LogP contribution >= 0.6 is 11.3 Å². The largest absolute Gasteiger partial charge is 0.298 e. The highest BCUT2D eigenvalue weighted by molar-refractivity contribution is 7.92. The van der Waals surface area contributed by atoms with E-state index < -0.39 is 21.7 Å². The SMILES string of the molecule is Cc1ccc(C)c(-c2csc(NC(=O)c3cccc(NS(=O)(=O)c4ccc(F)cc4)c3)n2)c1.